The van der Waals surface area contributed by atoms with Gasteiger partial charge >= 0.3 is 16.1 Å². The maximum absolute atomic E-state index is 13.6. The summed E-state index contributed by atoms with van der Waals surface area (Å²) in [5.74, 6) is -1.83. The molecular formula is C29H19BrN2O6S. The molecule has 4 amide bonds. The molecule has 0 bridgehead atoms. The highest BCUT2D eigenvalue weighted by Crippen LogP contribution is 2.33. The number of anilines is 2. The predicted molar refractivity (Wildman–Crippen MR) is 150 cm³/mol. The van der Waals surface area contributed by atoms with Gasteiger partial charge in [-0.1, -0.05) is 70.5 Å². The van der Waals surface area contributed by atoms with E-state index in [2.05, 4.69) is 15.9 Å². The molecule has 0 spiro atoms. The first-order valence-corrected chi connectivity index (χ1v) is 13.8. The van der Waals surface area contributed by atoms with Crippen LogP contribution in [0.25, 0.3) is 6.08 Å². The zero-order valence-electron chi connectivity index (χ0n) is 20.1. The summed E-state index contributed by atoms with van der Waals surface area (Å²) in [5, 5.41) is 0. The Morgan fingerprint density at radius 2 is 1.15 bits per heavy atom. The van der Waals surface area contributed by atoms with Crippen LogP contribution in [0.1, 0.15) is 5.56 Å². The third-order valence-corrected chi connectivity index (χ3v) is 7.52. The number of barbiturate groups is 1. The summed E-state index contributed by atoms with van der Waals surface area (Å²) >= 11 is 3.34. The third kappa shape index (κ3) is 5.25. The van der Waals surface area contributed by atoms with Gasteiger partial charge < -0.3 is 4.18 Å². The number of benzene rings is 4. The molecule has 0 unspecified atom stereocenters. The van der Waals surface area contributed by atoms with Crippen LogP contribution < -0.4 is 14.0 Å². The Bertz CT molecular complexity index is 1650. The summed E-state index contributed by atoms with van der Waals surface area (Å²) in [6, 6.07) is 27.7. The fourth-order valence-corrected chi connectivity index (χ4v) is 5.31. The molecule has 8 nitrogen and oxygen atoms in total. The van der Waals surface area contributed by atoms with Gasteiger partial charge in [-0.25, -0.2) is 14.6 Å². The standard InChI is InChI=1S/C29H19BrN2O6S/c30-21-16-17-26(38-39(36,37)24-14-8-3-9-15-24)20(18-21)19-25-27(33)31(22-10-4-1-5-11-22)29(35)32(28(25)34)23-12-6-2-7-13-23/h1-19H. The van der Waals surface area contributed by atoms with Crippen LogP contribution in [-0.2, 0) is 19.7 Å². The van der Waals surface area contributed by atoms with Crippen LogP contribution in [0.3, 0.4) is 0 Å². The summed E-state index contributed by atoms with van der Waals surface area (Å²) in [7, 11) is -4.22. The molecule has 4 aromatic carbocycles. The Hall–Kier alpha value is -4.54. The molecule has 0 radical (unpaired) electrons. The number of urea groups is 1. The van der Waals surface area contributed by atoms with Crippen LogP contribution in [0.4, 0.5) is 16.2 Å². The van der Waals surface area contributed by atoms with Crippen molar-refractivity contribution < 1.29 is 27.0 Å². The summed E-state index contributed by atoms with van der Waals surface area (Å²) in [6.45, 7) is 0. The van der Waals surface area contributed by atoms with Crippen molar-refractivity contribution in [3.05, 3.63) is 125 Å². The van der Waals surface area contributed by atoms with Crippen LogP contribution in [0.5, 0.6) is 5.75 Å². The molecule has 1 heterocycles. The molecule has 0 aliphatic carbocycles. The second-order valence-electron chi connectivity index (χ2n) is 8.33. The Labute approximate surface area is 233 Å². The Morgan fingerprint density at radius 3 is 1.67 bits per heavy atom. The van der Waals surface area contributed by atoms with Gasteiger partial charge in [0.1, 0.15) is 16.2 Å². The van der Waals surface area contributed by atoms with Gasteiger partial charge in [0.25, 0.3) is 11.8 Å². The first-order chi connectivity index (χ1) is 18.8. The number of hydrogen-bond acceptors (Lipinski definition) is 6. The topological polar surface area (TPSA) is 101 Å². The Morgan fingerprint density at radius 1 is 0.667 bits per heavy atom. The highest BCUT2D eigenvalue weighted by atomic mass is 79.9. The molecule has 0 aromatic heterocycles. The molecule has 1 aliphatic heterocycles. The van der Waals surface area contributed by atoms with E-state index in [0.717, 1.165) is 9.80 Å². The van der Waals surface area contributed by atoms with Crippen LogP contribution in [0, 0.1) is 0 Å². The van der Waals surface area contributed by atoms with E-state index in [1.807, 2.05) is 0 Å². The van der Waals surface area contributed by atoms with Gasteiger partial charge in [-0.3, -0.25) is 9.59 Å². The lowest BCUT2D eigenvalue weighted by Crippen LogP contribution is -2.57. The van der Waals surface area contributed by atoms with Crippen molar-refractivity contribution >= 4 is 61.3 Å². The highest BCUT2D eigenvalue weighted by Gasteiger charge is 2.43. The maximum atomic E-state index is 13.6. The van der Waals surface area contributed by atoms with E-state index in [1.165, 1.54) is 30.3 Å². The fraction of sp³-hybridized carbons (Fsp3) is 0. The quantitative estimate of drug-likeness (QED) is 0.157. The zero-order valence-corrected chi connectivity index (χ0v) is 22.5. The van der Waals surface area contributed by atoms with Crippen molar-refractivity contribution in [2.45, 2.75) is 4.90 Å². The number of rotatable bonds is 6. The molecule has 1 fully saturated rings. The number of nitrogens with zero attached hydrogens (tertiary/aromatic N) is 2. The van der Waals surface area contributed by atoms with Gasteiger partial charge in [0, 0.05) is 10.0 Å². The number of para-hydroxylation sites is 2. The SMILES string of the molecule is O=C1C(=Cc2cc(Br)ccc2OS(=O)(=O)c2ccccc2)C(=O)N(c2ccccc2)C(=O)N1c1ccccc1. The van der Waals surface area contributed by atoms with Crippen LogP contribution >= 0.6 is 15.9 Å². The molecule has 0 saturated carbocycles. The van der Waals surface area contributed by atoms with Crippen molar-refractivity contribution in [1.29, 1.82) is 0 Å². The van der Waals surface area contributed by atoms with Crippen LogP contribution in [0.2, 0.25) is 0 Å². The van der Waals surface area contributed by atoms with Gasteiger partial charge in [-0.15, -0.1) is 0 Å². The highest BCUT2D eigenvalue weighted by molar-refractivity contribution is 9.10. The van der Waals surface area contributed by atoms with E-state index in [4.69, 9.17) is 4.18 Å². The second kappa shape index (κ2) is 10.7. The molecule has 4 aromatic rings. The van der Waals surface area contributed by atoms with Crippen LogP contribution in [-0.4, -0.2) is 26.3 Å². The number of imide groups is 2. The van der Waals surface area contributed by atoms with E-state index in [9.17, 15) is 22.8 Å². The number of carbonyl (C=O) groups is 3. The van der Waals surface area contributed by atoms with Crippen molar-refractivity contribution in [2.24, 2.45) is 0 Å². The average Bonchev–Trinajstić information content (AvgIpc) is 2.94. The van der Waals surface area contributed by atoms with E-state index in [-0.39, 0.29) is 33.2 Å². The maximum Gasteiger partial charge on any atom is 0.343 e. The molecule has 194 valence electrons. The van der Waals surface area contributed by atoms with Gasteiger partial charge in [-0.05, 0) is 60.7 Å². The number of carbonyl (C=O) groups excluding carboxylic acids is 3. The minimum absolute atomic E-state index is 0.0626. The van der Waals surface area contributed by atoms with E-state index in [0.29, 0.717) is 4.47 Å². The van der Waals surface area contributed by atoms with Crippen molar-refractivity contribution in [3.63, 3.8) is 0 Å². The smallest absolute Gasteiger partial charge is 0.343 e. The summed E-state index contributed by atoms with van der Waals surface area (Å²) in [6.07, 6.45) is 1.23. The monoisotopic (exact) mass is 602 g/mol. The van der Waals surface area contributed by atoms with Crippen molar-refractivity contribution in [1.82, 2.24) is 0 Å². The average molecular weight is 603 g/mol. The fourth-order valence-electron chi connectivity index (χ4n) is 3.96. The lowest BCUT2D eigenvalue weighted by atomic mass is 10.0. The Kier molecular flexibility index (Phi) is 7.14. The van der Waals surface area contributed by atoms with Gasteiger partial charge in [0.05, 0.1) is 11.4 Å². The molecule has 39 heavy (non-hydrogen) atoms. The molecule has 0 N–H and O–H groups in total. The lowest BCUT2D eigenvalue weighted by Gasteiger charge is -2.34. The summed E-state index contributed by atoms with van der Waals surface area (Å²) < 4.78 is 31.8. The van der Waals surface area contributed by atoms with E-state index >= 15 is 0 Å². The molecule has 10 heteroatoms. The number of amides is 4. The second-order valence-corrected chi connectivity index (χ2v) is 10.8. The molecule has 0 atom stereocenters. The summed E-state index contributed by atoms with van der Waals surface area (Å²) in [4.78, 5) is 42.5. The number of halogens is 1. The van der Waals surface area contributed by atoms with E-state index in [1.54, 1.807) is 84.9 Å². The minimum atomic E-state index is -4.22. The first-order valence-electron chi connectivity index (χ1n) is 11.6. The number of hydrogen-bond donors (Lipinski definition) is 0. The van der Waals surface area contributed by atoms with Gasteiger partial charge in [0.2, 0.25) is 0 Å². The van der Waals surface area contributed by atoms with Crippen LogP contribution in [0.15, 0.2) is 124 Å². The summed E-state index contributed by atoms with van der Waals surface area (Å²) in [5.41, 5.74) is 0.312. The van der Waals surface area contributed by atoms with Gasteiger partial charge in [-0.2, -0.15) is 8.42 Å². The van der Waals surface area contributed by atoms with Crippen molar-refractivity contribution in [2.75, 3.05) is 9.80 Å². The largest absolute Gasteiger partial charge is 0.378 e. The first kappa shape index (κ1) is 26.1. The molecule has 1 aliphatic rings. The molecule has 5 rings (SSSR count). The minimum Gasteiger partial charge on any atom is -0.378 e. The Balaban J connectivity index is 1.64. The zero-order chi connectivity index (χ0) is 27.6. The van der Waals surface area contributed by atoms with E-state index < -0.39 is 28.0 Å². The molecular weight excluding hydrogens is 584 g/mol. The van der Waals surface area contributed by atoms with Gasteiger partial charge in [0.15, 0.2) is 0 Å². The molecule has 1 saturated heterocycles. The lowest BCUT2D eigenvalue weighted by molar-refractivity contribution is -0.121. The third-order valence-electron chi connectivity index (χ3n) is 5.78. The predicted octanol–water partition coefficient (Wildman–Crippen LogP) is 5.80. The van der Waals surface area contributed by atoms with Crippen molar-refractivity contribution in [3.8, 4) is 5.75 Å². The normalized spacial score (nSPS) is 14.0.